The maximum atomic E-state index is 9.47. The summed E-state index contributed by atoms with van der Waals surface area (Å²) in [6, 6.07) is 0. The zero-order valence-corrected chi connectivity index (χ0v) is 8.97. The van der Waals surface area contributed by atoms with Crippen LogP contribution < -0.4 is 0 Å². The molecule has 0 spiro atoms. The van der Waals surface area contributed by atoms with Crippen LogP contribution in [0.5, 0.6) is 0 Å². The van der Waals surface area contributed by atoms with Crippen LogP contribution in [0, 0.1) is 5.92 Å². The molecule has 12 heavy (non-hydrogen) atoms. The summed E-state index contributed by atoms with van der Waals surface area (Å²) in [6.07, 6.45) is -0.198. The molecular weight excluding hydrogens is 170 g/mol. The van der Waals surface area contributed by atoms with Gasteiger partial charge in [0.1, 0.15) is 0 Å². The molecule has 1 unspecified atom stereocenters. The molecular formula is C9H19NOS. The summed E-state index contributed by atoms with van der Waals surface area (Å²) in [5.74, 6) is 1.87. The standard InChI is InChI=1S/C9H19NOS/c1-7(2)6-10-4-5-12-9(10)8(3)11/h7-9,11H,4-6H2,1-3H3/t8-,9?/m1/s1. The molecule has 0 aliphatic carbocycles. The molecule has 0 saturated carbocycles. The molecule has 0 bridgehead atoms. The second-order valence-corrected chi connectivity index (χ2v) is 5.12. The van der Waals surface area contributed by atoms with Crippen molar-refractivity contribution in [2.75, 3.05) is 18.8 Å². The zero-order valence-electron chi connectivity index (χ0n) is 8.16. The van der Waals surface area contributed by atoms with Crippen molar-refractivity contribution in [1.29, 1.82) is 0 Å². The third-order valence-corrected chi connectivity index (χ3v) is 3.49. The average Bonchev–Trinajstić information content (AvgIpc) is 2.33. The second kappa shape index (κ2) is 4.49. The minimum atomic E-state index is -0.198. The van der Waals surface area contributed by atoms with Crippen molar-refractivity contribution in [2.24, 2.45) is 5.92 Å². The Morgan fingerprint density at radius 2 is 2.17 bits per heavy atom. The van der Waals surface area contributed by atoms with Gasteiger partial charge in [0.15, 0.2) is 0 Å². The Balaban J connectivity index is 2.41. The van der Waals surface area contributed by atoms with Crippen LogP contribution >= 0.6 is 11.8 Å². The molecule has 0 amide bonds. The molecule has 1 heterocycles. The smallest absolute Gasteiger partial charge is 0.0818 e. The first kappa shape index (κ1) is 10.4. The molecule has 1 aliphatic rings. The predicted octanol–water partition coefficient (Wildman–Crippen LogP) is 1.40. The maximum absolute atomic E-state index is 9.47. The number of hydrogen-bond acceptors (Lipinski definition) is 3. The Morgan fingerprint density at radius 1 is 1.50 bits per heavy atom. The fourth-order valence-electron chi connectivity index (χ4n) is 1.63. The molecule has 0 aromatic heterocycles. The van der Waals surface area contributed by atoms with Gasteiger partial charge in [0, 0.05) is 18.8 Å². The molecule has 0 aromatic rings. The minimum absolute atomic E-state index is 0.198. The van der Waals surface area contributed by atoms with Crippen LogP contribution in [0.1, 0.15) is 20.8 Å². The van der Waals surface area contributed by atoms with Gasteiger partial charge in [-0.3, -0.25) is 4.90 Å². The molecule has 0 aromatic carbocycles. The van der Waals surface area contributed by atoms with Crippen molar-refractivity contribution in [1.82, 2.24) is 4.90 Å². The summed E-state index contributed by atoms with van der Waals surface area (Å²) in [6.45, 7) is 8.58. The Bertz CT molecular complexity index is 138. The lowest BCUT2D eigenvalue weighted by Gasteiger charge is -2.26. The van der Waals surface area contributed by atoms with Crippen molar-refractivity contribution in [3.05, 3.63) is 0 Å². The number of nitrogens with zero attached hydrogens (tertiary/aromatic N) is 1. The first-order valence-corrected chi connectivity index (χ1v) is 5.70. The van der Waals surface area contributed by atoms with Gasteiger partial charge in [-0.1, -0.05) is 13.8 Å². The number of rotatable bonds is 3. The van der Waals surface area contributed by atoms with E-state index in [0.29, 0.717) is 11.3 Å². The highest BCUT2D eigenvalue weighted by Gasteiger charge is 2.28. The third-order valence-electron chi connectivity index (χ3n) is 2.04. The molecule has 2 nitrogen and oxygen atoms in total. The van der Waals surface area contributed by atoms with Crippen LogP contribution in [0.15, 0.2) is 0 Å². The molecule has 0 radical (unpaired) electrons. The highest BCUT2D eigenvalue weighted by Crippen LogP contribution is 2.26. The fourth-order valence-corrected chi connectivity index (χ4v) is 2.89. The quantitative estimate of drug-likeness (QED) is 0.726. The van der Waals surface area contributed by atoms with E-state index in [4.69, 9.17) is 0 Å². The summed E-state index contributed by atoms with van der Waals surface area (Å²) in [7, 11) is 0. The summed E-state index contributed by atoms with van der Waals surface area (Å²) in [5, 5.41) is 9.81. The third kappa shape index (κ3) is 2.64. The normalized spacial score (nSPS) is 28.2. The molecule has 1 N–H and O–H groups in total. The first-order valence-electron chi connectivity index (χ1n) is 4.65. The topological polar surface area (TPSA) is 23.5 Å². The van der Waals surface area contributed by atoms with Crippen LogP contribution in [0.3, 0.4) is 0 Å². The van der Waals surface area contributed by atoms with E-state index in [1.54, 1.807) is 0 Å². The van der Waals surface area contributed by atoms with Gasteiger partial charge in [-0.25, -0.2) is 0 Å². The molecule has 1 aliphatic heterocycles. The highest BCUT2D eigenvalue weighted by molar-refractivity contribution is 8.00. The van der Waals surface area contributed by atoms with Crippen molar-refractivity contribution < 1.29 is 5.11 Å². The number of thioether (sulfide) groups is 1. The van der Waals surface area contributed by atoms with Gasteiger partial charge in [0.05, 0.1) is 11.5 Å². The summed E-state index contributed by atoms with van der Waals surface area (Å²) in [5.41, 5.74) is 0. The maximum Gasteiger partial charge on any atom is 0.0818 e. The van der Waals surface area contributed by atoms with Gasteiger partial charge < -0.3 is 5.11 Å². The highest BCUT2D eigenvalue weighted by atomic mass is 32.2. The van der Waals surface area contributed by atoms with E-state index in [-0.39, 0.29) is 6.10 Å². The predicted molar refractivity (Wildman–Crippen MR) is 54.3 cm³/mol. The number of aliphatic hydroxyl groups excluding tert-OH is 1. The Morgan fingerprint density at radius 3 is 2.67 bits per heavy atom. The lowest BCUT2D eigenvalue weighted by Crippen LogP contribution is -2.38. The average molecular weight is 189 g/mol. The van der Waals surface area contributed by atoms with Crippen molar-refractivity contribution in [3.63, 3.8) is 0 Å². The van der Waals surface area contributed by atoms with E-state index in [2.05, 4.69) is 18.7 Å². The molecule has 1 fully saturated rings. The van der Waals surface area contributed by atoms with Gasteiger partial charge in [-0.2, -0.15) is 0 Å². The minimum Gasteiger partial charge on any atom is -0.391 e. The molecule has 72 valence electrons. The molecule has 1 saturated heterocycles. The van der Waals surface area contributed by atoms with Gasteiger partial charge in [0.25, 0.3) is 0 Å². The SMILES string of the molecule is CC(C)CN1CCSC1[C@@H](C)O. The monoisotopic (exact) mass is 189 g/mol. The van der Waals surface area contributed by atoms with Gasteiger partial charge in [-0.05, 0) is 12.8 Å². The van der Waals surface area contributed by atoms with E-state index < -0.39 is 0 Å². The van der Waals surface area contributed by atoms with E-state index in [9.17, 15) is 5.11 Å². The Kier molecular flexibility index (Phi) is 3.87. The summed E-state index contributed by atoms with van der Waals surface area (Å²) < 4.78 is 0. The van der Waals surface area contributed by atoms with Crippen molar-refractivity contribution in [2.45, 2.75) is 32.2 Å². The zero-order chi connectivity index (χ0) is 9.14. The number of aliphatic hydroxyl groups is 1. The van der Waals surface area contributed by atoms with Gasteiger partial charge in [0.2, 0.25) is 0 Å². The lowest BCUT2D eigenvalue weighted by molar-refractivity contribution is 0.112. The Hall–Kier alpha value is 0.270. The van der Waals surface area contributed by atoms with Crippen molar-refractivity contribution >= 4 is 11.8 Å². The molecule has 3 heteroatoms. The Labute approximate surface area is 79.3 Å². The fraction of sp³-hybridized carbons (Fsp3) is 1.00. The second-order valence-electron chi connectivity index (χ2n) is 3.89. The lowest BCUT2D eigenvalue weighted by atomic mass is 10.2. The van der Waals surface area contributed by atoms with Crippen LogP contribution in [-0.4, -0.2) is 40.3 Å². The largest absolute Gasteiger partial charge is 0.391 e. The van der Waals surface area contributed by atoms with E-state index in [1.807, 2.05) is 18.7 Å². The van der Waals surface area contributed by atoms with Crippen LogP contribution in [0.25, 0.3) is 0 Å². The van der Waals surface area contributed by atoms with E-state index in [1.165, 1.54) is 5.75 Å². The van der Waals surface area contributed by atoms with Crippen molar-refractivity contribution in [3.8, 4) is 0 Å². The van der Waals surface area contributed by atoms with E-state index >= 15 is 0 Å². The van der Waals surface area contributed by atoms with E-state index in [0.717, 1.165) is 13.1 Å². The molecule has 1 rings (SSSR count). The van der Waals surface area contributed by atoms with Crippen LogP contribution in [0.2, 0.25) is 0 Å². The summed E-state index contributed by atoms with van der Waals surface area (Å²) in [4.78, 5) is 2.39. The number of hydrogen-bond donors (Lipinski definition) is 1. The first-order chi connectivity index (χ1) is 5.61. The van der Waals surface area contributed by atoms with Gasteiger partial charge >= 0.3 is 0 Å². The molecule has 2 atom stereocenters. The summed E-state index contributed by atoms with van der Waals surface area (Å²) >= 11 is 1.88. The van der Waals surface area contributed by atoms with Crippen LogP contribution in [0.4, 0.5) is 0 Å². The van der Waals surface area contributed by atoms with Gasteiger partial charge in [-0.15, -0.1) is 11.8 Å². The van der Waals surface area contributed by atoms with Crippen LogP contribution in [-0.2, 0) is 0 Å².